The smallest absolute Gasteiger partial charge is 0.453 e. The Kier molecular flexibility index (Phi) is 4.17. The van der Waals surface area contributed by atoms with Gasteiger partial charge in [-0.15, -0.1) is 5.10 Å². The summed E-state index contributed by atoms with van der Waals surface area (Å²) >= 11 is 0. The summed E-state index contributed by atoms with van der Waals surface area (Å²) in [5.41, 5.74) is -0.988. The SMILES string of the molecule is CC(F)(F)c1cccc(OCc2cc(=O)n3nc(C(F)(F)F)nc3[nH]2)c1. The number of nitrogens with zero attached hydrogens (tertiary/aromatic N) is 3. The van der Waals surface area contributed by atoms with Gasteiger partial charge in [-0.05, 0) is 12.1 Å². The Bertz CT molecular complexity index is 1000. The van der Waals surface area contributed by atoms with E-state index >= 15 is 0 Å². The van der Waals surface area contributed by atoms with Gasteiger partial charge in [0.15, 0.2) is 0 Å². The number of nitrogens with one attached hydrogen (secondary N) is 1. The van der Waals surface area contributed by atoms with Crippen LogP contribution in [0.1, 0.15) is 24.0 Å². The number of H-pyrrole nitrogens is 1. The molecule has 0 aliphatic rings. The molecule has 0 aliphatic carbocycles. The number of ether oxygens (including phenoxy) is 1. The van der Waals surface area contributed by atoms with Crippen molar-refractivity contribution in [3.63, 3.8) is 0 Å². The van der Waals surface area contributed by atoms with Crippen molar-refractivity contribution in [2.45, 2.75) is 25.6 Å². The number of fused-ring (bicyclic) bond motifs is 1. The highest BCUT2D eigenvalue weighted by Crippen LogP contribution is 2.29. The van der Waals surface area contributed by atoms with Gasteiger partial charge in [-0.2, -0.15) is 22.7 Å². The van der Waals surface area contributed by atoms with Crippen molar-refractivity contribution >= 4 is 5.78 Å². The van der Waals surface area contributed by atoms with Gasteiger partial charge in [0.05, 0.1) is 5.69 Å². The monoisotopic (exact) mass is 374 g/mol. The van der Waals surface area contributed by atoms with Crippen molar-refractivity contribution in [1.82, 2.24) is 19.6 Å². The van der Waals surface area contributed by atoms with E-state index < -0.39 is 29.3 Å². The van der Waals surface area contributed by atoms with Crippen molar-refractivity contribution in [3.8, 4) is 5.75 Å². The lowest BCUT2D eigenvalue weighted by atomic mass is 10.1. The summed E-state index contributed by atoms with van der Waals surface area (Å²) in [4.78, 5) is 17.6. The number of hydrogen-bond donors (Lipinski definition) is 1. The molecule has 0 bridgehead atoms. The molecule has 6 nitrogen and oxygen atoms in total. The minimum absolute atomic E-state index is 0.109. The largest absolute Gasteiger partial charge is 0.487 e. The minimum atomic E-state index is -4.80. The van der Waals surface area contributed by atoms with Crippen LogP contribution < -0.4 is 10.3 Å². The molecule has 2 aromatic heterocycles. The fourth-order valence-corrected chi connectivity index (χ4v) is 2.15. The van der Waals surface area contributed by atoms with E-state index in [4.69, 9.17) is 4.74 Å². The Balaban J connectivity index is 1.85. The van der Waals surface area contributed by atoms with Crippen LogP contribution in [0.15, 0.2) is 35.1 Å². The van der Waals surface area contributed by atoms with Crippen LogP contribution in [-0.2, 0) is 18.7 Å². The molecule has 0 saturated carbocycles. The summed E-state index contributed by atoms with van der Waals surface area (Å²) in [6.45, 7) is 0.472. The number of benzene rings is 1. The molecule has 2 heterocycles. The molecule has 1 aromatic carbocycles. The van der Waals surface area contributed by atoms with Gasteiger partial charge in [0.2, 0.25) is 5.78 Å². The first-order valence-electron chi connectivity index (χ1n) is 7.21. The molecule has 0 unspecified atom stereocenters. The van der Waals surface area contributed by atoms with Crippen LogP contribution in [-0.4, -0.2) is 19.6 Å². The van der Waals surface area contributed by atoms with Crippen molar-refractivity contribution in [2.24, 2.45) is 0 Å². The molecular formula is C15H11F5N4O2. The number of alkyl halides is 5. The lowest BCUT2D eigenvalue weighted by molar-refractivity contribution is -0.144. The van der Waals surface area contributed by atoms with Gasteiger partial charge in [-0.25, -0.2) is 8.78 Å². The lowest BCUT2D eigenvalue weighted by Crippen LogP contribution is -2.17. The molecule has 0 radical (unpaired) electrons. The van der Waals surface area contributed by atoms with Crippen molar-refractivity contribution in [2.75, 3.05) is 0 Å². The summed E-state index contributed by atoms with van der Waals surface area (Å²) in [5.74, 6) is -4.80. The van der Waals surface area contributed by atoms with Crippen LogP contribution in [0.4, 0.5) is 22.0 Å². The zero-order valence-electron chi connectivity index (χ0n) is 13.1. The second-order valence-corrected chi connectivity index (χ2v) is 5.51. The molecule has 0 fully saturated rings. The first-order valence-corrected chi connectivity index (χ1v) is 7.21. The second kappa shape index (κ2) is 6.07. The van der Waals surface area contributed by atoms with Gasteiger partial charge >= 0.3 is 6.18 Å². The molecule has 3 aromatic rings. The Labute approximate surface area is 142 Å². The maximum absolute atomic E-state index is 13.3. The summed E-state index contributed by atoms with van der Waals surface area (Å²) < 4.78 is 70.3. The van der Waals surface area contributed by atoms with Gasteiger partial charge in [-0.1, -0.05) is 12.1 Å². The first kappa shape index (κ1) is 17.8. The topological polar surface area (TPSA) is 72.3 Å². The van der Waals surface area contributed by atoms with Gasteiger partial charge in [-0.3, -0.25) is 4.79 Å². The van der Waals surface area contributed by atoms with Crippen molar-refractivity contribution < 1.29 is 26.7 Å². The quantitative estimate of drug-likeness (QED) is 0.713. The molecule has 0 amide bonds. The fraction of sp³-hybridized carbons (Fsp3) is 0.267. The average molecular weight is 374 g/mol. The minimum Gasteiger partial charge on any atom is -0.487 e. The van der Waals surface area contributed by atoms with Crippen LogP contribution in [0, 0.1) is 0 Å². The van der Waals surface area contributed by atoms with Gasteiger partial charge in [0.25, 0.3) is 17.3 Å². The van der Waals surface area contributed by atoms with E-state index in [1.165, 1.54) is 18.2 Å². The Morgan fingerprint density at radius 3 is 2.58 bits per heavy atom. The van der Waals surface area contributed by atoms with E-state index in [2.05, 4.69) is 15.1 Å². The molecule has 26 heavy (non-hydrogen) atoms. The summed E-state index contributed by atoms with van der Waals surface area (Å²) in [5, 5.41) is 3.09. The Hall–Kier alpha value is -2.98. The van der Waals surface area contributed by atoms with Crippen molar-refractivity contribution in [3.05, 3.63) is 57.8 Å². The molecule has 3 rings (SSSR count). The third kappa shape index (κ3) is 3.65. The summed E-state index contributed by atoms with van der Waals surface area (Å²) in [7, 11) is 0. The maximum atomic E-state index is 13.3. The van der Waals surface area contributed by atoms with Crippen LogP contribution in [0.5, 0.6) is 5.75 Å². The zero-order chi connectivity index (χ0) is 19.1. The highest BCUT2D eigenvalue weighted by atomic mass is 19.4. The molecule has 0 spiro atoms. The molecule has 1 N–H and O–H groups in total. The van der Waals surface area contributed by atoms with Crippen LogP contribution in [0.25, 0.3) is 5.78 Å². The molecule has 138 valence electrons. The van der Waals surface area contributed by atoms with E-state index in [0.717, 1.165) is 19.1 Å². The molecule has 0 saturated heterocycles. The van der Waals surface area contributed by atoms with Gasteiger partial charge < -0.3 is 9.72 Å². The predicted octanol–water partition coefficient (Wildman–Crippen LogP) is 3.13. The number of aromatic amines is 1. The fourth-order valence-electron chi connectivity index (χ4n) is 2.15. The number of rotatable bonds is 4. The Morgan fingerprint density at radius 2 is 1.92 bits per heavy atom. The van der Waals surface area contributed by atoms with E-state index in [9.17, 15) is 26.7 Å². The van der Waals surface area contributed by atoms with E-state index in [-0.39, 0.29) is 23.6 Å². The van der Waals surface area contributed by atoms with Gasteiger partial charge in [0.1, 0.15) is 12.4 Å². The zero-order valence-corrected chi connectivity index (χ0v) is 13.1. The normalized spacial score (nSPS) is 12.5. The number of aromatic nitrogens is 4. The molecule has 0 aliphatic heterocycles. The van der Waals surface area contributed by atoms with E-state index in [1.807, 2.05) is 0 Å². The number of hydrogen-bond acceptors (Lipinski definition) is 4. The second-order valence-electron chi connectivity index (χ2n) is 5.51. The predicted molar refractivity (Wildman–Crippen MR) is 79.0 cm³/mol. The highest BCUT2D eigenvalue weighted by molar-refractivity contribution is 5.32. The molecular weight excluding hydrogens is 363 g/mol. The molecule has 0 atom stereocenters. The molecule has 11 heteroatoms. The summed E-state index contributed by atoms with van der Waals surface area (Å²) in [6, 6.07) is 6.16. The number of halogens is 5. The highest BCUT2D eigenvalue weighted by Gasteiger charge is 2.36. The lowest BCUT2D eigenvalue weighted by Gasteiger charge is -2.12. The third-order valence-corrected chi connectivity index (χ3v) is 3.37. The van der Waals surface area contributed by atoms with Gasteiger partial charge in [0, 0.05) is 18.6 Å². The van der Waals surface area contributed by atoms with Crippen molar-refractivity contribution in [1.29, 1.82) is 0 Å². The maximum Gasteiger partial charge on any atom is 0.453 e. The summed E-state index contributed by atoms with van der Waals surface area (Å²) in [6.07, 6.45) is -4.80. The van der Waals surface area contributed by atoms with Crippen LogP contribution in [0.3, 0.4) is 0 Å². The van der Waals surface area contributed by atoms with E-state index in [1.54, 1.807) is 0 Å². The van der Waals surface area contributed by atoms with Crippen LogP contribution >= 0.6 is 0 Å². The Morgan fingerprint density at radius 1 is 1.19 bits per heavy atom. The standard InChI is InChI=1S/C15H11F5N4O2/c1-14(16,17)8-3-2-4-10(5-8)26-7-9-6-11(25)24-13(21-9)22-12(23-24)15(18,19)20/h2-6H,7H2,1H3,(H,21,22,23). The average Bonchev–Trinajstić information content (AvgIpc) is 2.97. The first-order chi connectivity index (χ1) is 12.0. The van der Waals surface area contributed by atoms with E-state index in [0.29, 0.717) is 4.52 Å². The third-order valence-electron chi connectivity index (χ3n) is 3.37. The van der Waals surface area contributed by atoms with Crippen LogP contribution in [0.2, 0.25) is 0 Å².